The van der Waals surface area contributed by atoms with Gasteiger partial charge in [-0.2, -0.15) is 0 Å². The minimum Gasteiger partial charge on any atom is -0.300 e. The molecule has 1 aliphatic rings. The Morgan fingerprint density at radius 3 is 2.79 bits per heavy atom. The summed E-state index contributed by atoms with van der Waals surface area (Å²) in [4.78, 5) is 22.7. The van der Waals surface area contributed by atoms with Crippen molar-refractivity contribution in [2.24, 2.45) is 11.8 Å². The van der Waals surface area contributed by atoms with E-state index in [4.69, 9.17) is 0 Å². The van der Waals surface area contributed by atoms with Crippen molar-refractivity contribution >= 4 is 11.6 Å². The molecule has 1 aliphatic carbocycles. The maximum atomic E-state index is 11.9. The van der Waals surface area contributed by atoms with E-state index in [0.717, 1.165) is 32.1 Å². The molecule has 0 saturated heterocycles. The van der Waals surface area contributed by atoms with Gasteiger partial charge in [0.2, 0.25) is 0 Å². The van der Waals surface area contributed by atoms with E-state index in [0.29, 0.717) is 18.1 Å². The van der Waals surface area contributed by atoms with Gasteiger partial charge in [-0.25, -0.2) is 0 Å². The smallest absolute Gasteiger partial charge is 0.136 e. The van der Waals surface area contributed by atoms with Crippen molar-refractivity contribution in [2.75, 3.05) is 0 Å². The number of Topliss-reactive ketones (excluding diaryl/α,β-unsaturated/α-hetero) is 2. The maximum absolute atomic E-state index is 11.9. The molecule has 0 bridgehead atoms. The summed E-state index contributed by atoms with van der Waals surface area (Å²) in [6.45, 7) is 3.85. The van der Waals surface area contributed by atoms with Crippen LogP contribution in [0, 0.1) is 11.8 Å². The largest absolute Gasteiger partial charge is 0.300 e. The molecule has 2 heteroatoms. The van der Waals surface area contributed by atoms with Crippen molar-refractivity contribution in [1.29, 1.82) is 0 Å². The Morgan fingerprint density at radius 2 is 2.11 bits per heavy atom. The van der Waals surface area contributed by atoms with E-state index in [2.05, 4.69) is 19.1 Å². The molecule has 1 saturated carbocycles. The highest BCUT2D eigenvalue weighted by molar-refractivity contribution is 5.83. The molecule has 1 fully saturated rings. The van der Waals surface area contributed by atoms with Gasteiger partial charge in [0.1, 0.15) is 11.6 Å². The lowest BCUT2D eigenvalue weighted by Gasteiger charge is -2.16. The highest BCUT2D eigenvalue weighted by Gasteiger charge is 2.32. The van der Waals surface area contributed by atoms with Crippen LogP contribution in [0.25, 0.3) is 0 Å². The molecular weight excluding hydrogens is 236 g/mol. The first kappa shape index (κ1) is 16.1. The number of unbranched alkanes of at least 4 members (excludes halogenated alkanes) is 2. The summed E-state index contributed by atoms with van der Waals surface area (Å²) >= 11 is 0. The zero-order chi connectivity index (χ0) is 14.1. The molecule has 1 rings (SSSR count). The number of ketones is 2. The van der Waals surface area contributed by atoms with Crippen LogP contribution in [0.4, 0.5) is 0 Å². The number of hydrogen-bond donors (Lipinski definition) is 0. The fraction of sp³-hybridized carbons (Fsp3) is 0.765. The summed E-state index contributed by atoms with van der Waals surface area (Å²) in [6, 6.07) is 0. The van der Waals surface area contributed by atoms with E-state index in [-0.39, 0.29) is 11.7 Å². The first-order valence-electron chi connectivity index (χ1n) is 7.82. The van der Waals surface area contributed by atoms with E-state index < -0.39 is 0 Å². The summed E-state index contributed by atoms with van der Waals surface area (Å²) in [5.41, 5.74) is 0. The molecule has 0 aromatic carbocycles. The lowest BCUT2D eigenvalue weighted by molar-refractivity contribution is -0.121. The predicted molar refractivity (Wildman–Crippen MR) is 79.0 cm³/mol. The fourth-order valence-corrected chi connectivity index (χ4v) is 2.94. The second-order valence-electron chi connectivity index (χ2n) is 5.82. The molecule has 0 radical (unpaired) electrons. The molecular formula is C17H28O2. The van der Waals surface area contributed by atoms with Gasteiger partial charge in [0, 0.05) is 18.8 Å². The molecule has 108 valence electrons. The summed E-state index contributed by atoms with van der Waals surface area (Å²) in [7, 11) is 0. The highest BCUT2D eigenvalue weighted by atomic mass is 16.1. The van der Waals surface area contributed by atoms with Crippen LogP contribution < -0.4 is 0 Å². The third-order valence-corrected chi connectivity index (χ3v) is 4.13. The number of allylic oxidation sites excluding steroid dienone is 2. The molecule has 19 heavy (non-hydrogen) atoms. The summed E-state index contributed by atoms with van der Waals surface area (Å²) < 4.78 is 0. The fourth-order valence-electron chi connectivity index (χ4n) is 2.94. The van der Waals surface area contributed by atoms with Gasteiger partial charge in [-0.15, -0.1) is 0 Å². The lowest BCUT2D eigenvalue weighted by Crippen LogP contribution is -2.13. The third-order valence-electron chi connectivity index (χ3n) is 4.13. The van der Waals surface area contributed by atoms with Crippen molar-refractivity contribution in [3.8, 4) is 0 Å². The van der Waals surface area contributed by atoms with Crippen LogP contribution in [-0.4, -0.2) is 11.6 Å². The van der Waals surface area contributed by atoms with Crippen LogP contribution in [0.1, 0.15) is 71.6 Å². The Balaban J connectivity index is 2.26. The lowest BCUT2D eigenvalue weighted by atomic mass is 9.88. The Morgan fingerprint density at radius 1 is 1.32 bits per heavy atom. The van der Waals surface area contributed by atoms with Gasteiger partial charge < -0.3 is 4.79 Å². The van der Waals surface area contributed by atoms with E-state index in [1.807, 2.05) is 0 Å². The Labute approximate surface area is 117 Å². The molecule has 0 spiro atoms. The molecule has 0 unspecified atom stereocenters. The number of carbonyl (C=O) groups is 2. The number of carbonyl (C=O) groups excluding carboxylic acids is 2. The zero-order valence-electron chi connectivity index (χ0n) is 12.5. The van der Waals surface area contributed by atoms with Gasteiger partial charge in [-0.1, -0.05) is 31.9 Å². The van der Waals surface area contributed by atoms with Crippen molar-refractivity contribution in [3.05, 3.63) is 12.2 Å². The van der Waals surface area contributed by atoms with Crippen LogP contribution in [0.3, 0.4) is 0 Å². The number of rotatable bonds is 9. The predicted octanol–water partition coefficient (Wildman–Crippen LogP) is 4.48. The maximum Gasteiger partial charge on any atom is 0.136 e. The molecule has 0 heterocycles. The van der Waals surface area contributed by atoms with Gasteiger partial charge in [0.15, 0.2) is 0 Å². The molecule has 0 aromatic heterocycles. The van der Waals surface area contributed by atoms with Gasteiger partial charge in [-0.05, 0) is 44.9 Å². The van der Waals surface area contributed by atoms with Crippen molar-refractivity contribution in [2.45, 2.75) is 71.6 Å². The molecule has 0 aliphatic heterocycles. The molecule has 2 nitrogen and oxygen atoms in total. The first-order valence-corrected chi connectivity index (χ1v) is 7.82. The van der Waals surface area contributed by atoms with Crippen molar-refractivity contribution < 1.29 is 9.59 Å². The first-order chi connectivity index (χ1) is 9.15. The van der Waals surface area contributed by atoms with E-state index >= 15 is 0 Å². The van der Waals surface area contributed by atoms with Gasteiger partial charge in [0.25, 0.3) is 0 Å². The van der Waals surface area contributed by atoms with Gasteiger partial charge >= 0.3 is 0 Å². The van der Waals surface area contributed by atoms with Crippen molar-refractivity contribution in [1.82, 2.24) is 0 Å². The summed E-state index contributed by atoms with van der Waals surface area (Å²) in [5, 5.41) is 0. The Hall–Kier alpha value is -0.920. The SMILES string of the molecule is CCCC[C@H]1CCC(=O)[C@@H]1CC=CCCCC(C)=O. The Bertz CT molecular complexity index is 317. The average molecular weight is 264 g/mol. The van der Waals surface area contributed by atoms with Crippen LogP contribution in [-0.2, 0) is 9.59 Å². The van der Waals surface area contributed by atoms with Crippen LogP contribution in [0.15, 0.2) is 12.2 Å². The van der Waals surface area contributed by atoms with Crippen LogP contribution >= 0.6 is 0 Å². The quantitative estimate of drug-likeness (QED) is 0.454. The standard InChI is InChI=1S/C17H28O2/c1-3-4-10-15-12-13-17(19)16(15)11-8-6-5-7-9-14(2)18/h6,8,15-16H,3-5,7,9-13H2,1-2H3/t15-,16+/m0/s1. The van der Waals surface area contributed by atoms with E-state index in [1.165, 1.54) is 19.3 Å². The molecule has 2 atom stereocenters. The summed E-state index contributed by atoms with van der Waals surface area (Å²) in [6.07, 6.45) is 13.3. The van der Waals surface area contributed by atoms with Crippen molar-refractivity contribution in [3.63, 3.8) is 0 Å². The minimum absolute atomic E-state index is 0.263. The summed E-state index contributed by atoms with van der Waals surface area (Å²) in [5.74, 6) is 1.62. The third kappa shape index (κ3) is 6.17. The topological polar surface area (TPSA) is 34.1 Å². The monoisotopic (exact) mass is 264 g/mol. The zero-order valence-corrected chi connectivity index (χ0v) is 12.5. The average Bonchev–Trinajstić information content (AvgIpc) is 2.72. The molecule has 0 amide bonds. The highest BCUT2D eigenvalue weighted by Crippen LogP contribution is 2.35. The van der Waals surface area contributed by atoms with Gasteiger partial charge in [-0.3, -0.25) is 4.79 Å². The minimum atomic E-state index is 0.263. The van der Waals surface area contributed by atoms with Gasteiger partial charge in [0.05, 0.1) is 0 Å². The molecule has 0 N–H and O–H groups in total. The normalized spacial score (nSPS) is 23.4. The second kappa shape index (κ2) is 9.06. The van der Waals surface area contributed by atoms with E-state index in [9.17, 15) is 9.59 Å². The molecule has 0 aromatic rings. The second-order valence-corrected chi connectivity index (χ2v) is 5.82. The van der Waals surface area contributed by atoms with Crippen LogP contribution in [0.2, 0.25) is 0 Å². The van der Waals surface area contributed by atoms with E-state index in [1.54, 1.807) is 6.92 Å². The van der Waals surface area contributed by atoms with Crippen LogP contribution in [0.5, 0.6) is 0 Å². The Kier molecular flexibility index (Phi) is 7.69. The number of hydrogen-bond acceptors (Lipinski definition) is 2.